The van der Waals surface area contributed by atoms with E-state index in [0.717, 1.165) is 27.5 Å². The number of anilines is 1. The Bertz CT molecular complexity index is 855. The van der Waals surface area contributed by atoms with Gasteiger partial charge in [-0.3, -0.25) is 4.21 Å². The number of rotatable bonds is 5. The fourth-order valence-electron chi connectivity index (χ4n) is 2.61. The molecular weight excluding hydrogens is 318 g/mol. The number of benzene rings is 2. The lowest BCUT2D eigenvalue weighted by molar-refractivity contribution is 0.686. The van der Waals surface area contributed by atoms with Gasteiger partial charge in [-0.25, -0.2) is 4.68 Å². The van der Waals surface area contributed by atoms with Gasteiger partial charge in [0.1, 0.15) is 0 Å². The number of hydrogen-bond acceptors (Lipinski definition) is 3. The Morgan fingerprint density at radius 2 is 1.79 bits per heavy atom. The summed E-state index contributed by atoms with van der Waals surface area (Å²) in [6.45, 7) is 4.09. The third-order valence-corrected chi connectivity index (χ3v) is 4.89. The molecule has 0 aliphatic carbocycles. The van der Waals surface area contributed by atoms with Crippen LogP contribution in [0.5, 0.6) is 0 Å². The average Bonchev–Trinajstić information content (AvgIpc) is 3.01. The van der Waals surface area contributed by atoms with E-state index in [2.05, 4.69) is 23.4 Å². The lowest BCUT2D eigenvalue weighted by Gasteiger charge is -2.18. The van der Waals surface area contributed by atoms with Crippen LogP contribution in [0.4, 0.5) is 5.69 Å². The van der Waals surface area contributed by atoms with E-state index in [0.29, 0.717) is 0 Å². The van der Waals surface area contributed by atoms with E-state index >= 15 is 0 Å². The van der Waals surface area contributed by atoms with Crippen molar-refractivity contribution in [2.24, 2.45) is 0 Å². The van der Waals surface area contributed by atoms with E-state index < -0.39 is 10.8 Å². The molecular formula is C19H21N3OS. The number of nitrogens with zero attached hydrogens (tertiary/aromatic N) is 2. The molecule has 2 atom stereocenters. The van der Waals surface area contributed by atoms with Crippen molar-refractivity contribution in [2.45, 2.75) is 24.8 Å². The van der Waals surface area contributed by atoms with Gasteiger partial charge in [0.2, 0.25) is 0 Å². The molecule has 1 heterocycles. The van der Waals surface area contributed by atoms with Gasteiger partial charge in [0.25, 0.3) is 0 Å². The van der Waals surface area contributed by atoms with Crippen LogP contribution in [0.1, 0.15) is 24.2 Å². The molecule has 0 radical (unpaired) electrons. The summed E-state index contributed by atoms with van der Waals surface area (Å²) in [5.41, 5.74) is 4.18. The first kappa shape index (κ1) is 16.5. The topological polar surface area (TPSA) is 46.9 Å². The highest BCUT2D eigenvalue weighted by atomic mass is 32.2. The first-order valence-corrected chi connectivity index (χ1v) is 9.42. The maximum absolute atomic E-state index is 11.5. The van der Waals surface area contributed by atoms with Crippen LogP contribution < -0.4 is 5.32 Å². The Hall–Kier alpha value is -2.40. The monoisotopic (exact) mass is 339 g/mol. The maximum atomic E-state index is 11.5. The lowest BCUT2D eigenvalue weighted by Crippen LogP contribution is -2.09. The third kappa shape index (κ3) is 3.57. The van der Waals surface area contributed by atoms with Crippen molar-refractivity contribution in [3.63, 3.8) is 0 Å². The largest absolute Gasteiger partial charge is 0.377 e. The fourth-order valence-corrected chi connectivity index (χ4v) is 3.13. The summed E-state index contributed by atoms with van der Waals surface area (Å²) in [6.07, 6.45) is 3.66. The zero-order valence-electron chi connectivity index (χ0n) is 14.1. The predicted molar refractivity (Wildman–Crippen MR) is 99.1 cm³/mol. The van der Waals surface area contributed by atoms with E-state index in [1.54, 1.807) is 6.26 Å². The molecule has 0 saturated heterocycles. The van der Waals surface area contributed by atoms with E-state index in [1.165, 1.54) is 0 Å². The molecule has 5 heteroatoms. The standard InChI is InChI=1S/C19H21N3OS/c1-14-12-13-22(21-14)19-7-5-4-6-18(19)20-15(2)16-8-10-17(11-9-16)24(3)23/h4-13,15,20H,1-3H3. The van der Waals surface area contributed by atoms with Gasteiger partial charge in [-0.05, 0) is 49.7 Å². The second-order valence-electron chi connectivity index (χ2n) is 5.81. The highest BCUT2D eigenvalue weighted by Crippen LogP contribution is 2.25. The van der Waals surface area contributed by atoms with E-state index in [9.17, 15) is 4.21 Å². The molecule has 1 aromatic heterocycles. The normalized spacial score (nSPS) is 13.5. The summed E-state index contributed by atoms with van der Waals surface area (Å²) in [6, 6.07) is 18.1. The Kier molecular flexibility index (Phi) is 4.81. The minimum atomic E-state index is -0.947. The van der Waals surface area contributed by atoms with Crippen LogP contribution in [0.3, 0.4) is 0 Å². The van der Waals surface area contributed by atoms with Crippen LogP contribution in [-0.2, 0) is 10.8 Å². The fraction of sp³-hybridized carbons (Fsp3) is 0.211. The Morgan fingerprint density at radius 3 is 2.42 bits per heavy atom. The molecule has 0 aliphatic heterocycles. The van der Waals surface area contributed by atoms with E-state index in [4.69, 9.17) is 0 Å². The number of hydrogen-bond donors (Lipinski definition) is 1. The Morgan fingerprint density at radius 1 is 1.08 bits per heavy atom. The van der Waals surface area contributed by atoms with Crippen molar-refractivity contribution >= 4 is 16.5 Å². The first-order chi connectivity index (χ1) is 11.5. The second-order valence-corrected chi connectivity index (χ2v) is 7.19. The first-order valence-electron chi connectivity index (χ1n) is 7.86. The quantitative estimate of drug-likeness (QED) is 0.761. The summed E-state index contributed by atoms with van der Waals surface area (Å²) >= 11 is 0. The van der Waals surface area contributed by atoms with Gasteiger partial charge in [-0.15, -0.1) is 0 Å². The van der Waals surface area contributed by atoms with Crippen molar-refractivity contribution in [2.75, 3.05) is 11.6 Å². The summed E-state index contributed by atoms with van der Waals surface area (Å²) < 4.78 is 13.4. The molecule has 24 heavy (non-hydrogen) atoms. The van der Waals surface area contributed by atoms with Crippen LogP contribution in [0.25, 0.3) is 5.69 Å². The van der Waals surface area contributed by atoms with Gasteiger partial charge in [0.15, 0.2) is 0 Å². The van der Waals surface area contributed by atoms with Crippen LogP contribution in [0, 0.1) is 6.92 Å². The average molecular weight is 339 g/mol. The molecule has 0 saturated carbocycles. The summed E-state index contributed by atoms with van der Waals surface area (Å²) in [4.78, 5) is 0.846. The Balaban J connectivity index is 1.84. The highest BCUT2D eigenvalue weighted by molar-refractivity contribution is 7.84. The van der Waals surface area contributed by atoms with Crippen molar-refractivity contribution < 1.29 is 4.21 Å². The molecule has 4 nitrogen and oxygen atoms in total. The summed E-state index contributed by atoms with van der Waals surface area (Å²) in [5.74, 6) is 0. The minimum absolute atomic E-state index is 0.127. The van der Waals surface area contributed by atoms with Crippen molar-refractivity contribution in [3.05, 3.63) is 72.1 Å². The zero-order chi connectivity index (χ0) is 17.1. The van der Waals surface area contributed by atoms with Crippen LogP contribution in [0.15, 0.2) is 65.7 Å². The summed E-state index contributed by atoms with van der Waals surface area (Å²) in [7, 11) is -0.947. The van der Waals surface area contributed by atoms with Gasteiger partial charge in [-0.1, -0.05) is 24.3 Å². The van der Waals surface area contributed by atoms with Crippen LogP contribution in [0.2, 0.25) is 0 Å². The molecule has 2 aromatic carbocycles. The third-order valence-electron chi connectivity index (χ3n) is 3.96. The molecule has 1 N–H and O–H groups in total. The molecule has 124 valence electrons. The van der Waals surface area contributed by atoms with Crippen molar-refractivity contribution in [1.29, 1.82) is 0 Å². The number of para-hydroxylation sites is 2. The Labute approximate surface area is 145 Å². The molecule has 3 aromatic rings. The van der Waals surface area contributed by atoms with Crippen LogP contribution in [-0.4, -0.2) is 20.2 Å². The van der Waals surface area contributed by atoms with Gasteiger partial charge in [0, 0.05) is 34.2 Å². The van der Waals surface area contributed by atoms with Gasteiger partial charge < -0.3 is 5.32 Å². The highest BCUT2D eigenvalue weighted by Gasteiger charge is 2.10. The molecule has 2 unspecified atom stereocenters. The number of aromatic nitrogens is 2. The minimum Gasteiger partial charge on any atom is -0.377 e. The van der Waals surface area contributed by atoms with Crippen LogP contribution >= 0.6 is 0 Å². The van der Waals surface area contributed by atoms with Crippen molar-refractivity contribution in [3.8, 4) is 5.69 Å². The SMILES string of the molecule is Cc1ccn(-c2ccccc2NC(C)c2ccc(S(C)=O)cc2)n1. The molecule has 3 rings (SSSR count). The smallest absolute Gasteiger partial charge is 0.0877 e. The van der Waals surface area contributed by atoms with Crippen molar-refractivity contribution in [1.82, 2.24) is 9.78 Å². The summed E-state index contributed by atoms with van der Waals surface area (Å²) in [5, 5.41) is 8.04. The number of aryl methyl sites for hydroxylation is 1. The number of nitrogens with one attached hydrogen (secondary N) is 1. The molecule has 0 spiro atoms. The van der Waals surface area contributed by atoms with Gasteiger partial charge >= 0.3 is 0 Å². The maximum Gasteiger partial charge on any atom is 0.0877 e. The molecule has 0 aliphatic rings. The lowest BCUT2D eigenvalue weighted by atomic mass is 10.1. The molecule has 0 bridgehead atoms. The van der Waals surface area contributed by atoms with Gasteiger partial charge in [-0.2, -0.15) is 5.10 Å². The predicted octanol–water partition coefficient (Wildman–Crippen LogP) is 4.09. The van der Waals surface area contributed by atoms with E-state index in [1.807, 2.05) is 66.3 Å². The van der Waals surface area contributed by atoms with E-state index in [-0.39, 0.29) is 6.04 Å². The molecule has 0 fully saturated rings. The van der Waals surface area contributed by atoms with Gasteiger partial charge in [0.05, 0.1) is 17.1 Å². The zero-order valence-corrected chi connectivity index (χ0v) is 14.9. The molecule has 0 amide bonds. The second kappa shape index (κ2) is 7.01.